The molecular formula is C15H23N3O4S. The van der Waals surface area contributed by atoms with E-state index in [2.05, 4.69) is 4.72 Å². The zero-order valence-electron chi connectivity index (χ0n) is 13.4. The monoisotopic (exact) mass is 341 g/mol. The van der Waals surface area contributed by atoms with Crippen LogP contribution in [0, 0.1) is 29.9 Å². The molecule has 23 heavy (non-hydrogen) atoms. The van der Waals surface area contributed by atoms with E-state index in [4.69, 9.17) is 5.73 Å². The maximum absolute atomic E-state index is 12.8. The molecule has 1 aliphatic carbocycles. The van der Waals surface area contributed by atoms with Gasteiger partial charge in [-0.15, -0.1) is 0 Å². The number of nitrogens with one attached hydrogen (secondary N) is 1. The summed E-state index contributed by atoms with van der Waals surface area (Å²) < 4.78 is 28.3. The predicted octanol–water partition coefficient (Wildman–Crippen LogP) is 2.01. The van der Waals surface area contributed by atoms with Crippen molar-refractivity contribution in [1.82, 2.24) is 4.72 Å². The average molecular weight is 341 g/mol. The van der Waals surface area contributed by atoms with E-state index in [-0.39, 0.29) is 22.5 Å². The van der Waals surface area contributed by atoms with Crippen LogP contribution in [-0.4, -0.2) is 25.9 Å². The minimum absolute atomic E-state index is 0.0719. The fraction of sp³-hybridized carbons (Fsp3) is 0.600. The summed E-state index contributed by atoms with van der Waals surface area (Å²) in [7, 11) is -3.98. The highest BCUT2D eigenvalue weighted by Crippen LogP contribution is 2.32. The first-order valence-corrected chi connectivity index (χ1v) is 9.23. The van der Waals surface area contributed by atoms with Crippen molar-refractivity contribution in [2.45, 2.75) is 50.5 Å². The summed E-state index contributed by atoms with van der Waals surface area (Å²) in [5.41, 5.74) is 6.09. The number of nitro groups is 1. The summed E-state index contributed by atoms with van der Waals surface area (Å²) in [6.45, 7) is 3.52. The molecule has 0 saturated heterocycles. The molecule has 0 spiro atoms. The van der Waals surface area contributed by atoms with Gasteiger partial charge in [-0.05, 0) is 44.7 Å². The van der Waals surface area contributed by atoms with E-state index in [0.29, 0.717) is 24.1 Å². The summed E-state index contributed by atoms with van der Waals surface area (Å²) in [6.07, 6.45) is 3.54. The third-order valence-corrected chi connectivity index (χ3v) is 6.17. The van der Waals surface area contributed by atoms with E-state index in [1.54, 1.807) is 26.0 Å². The van der Waals surface area contributed by atoms with Gasteiger partial charge in [0, 0.05) is 11.6 Å². The van der Waals surface area contributed by atoms with Crippen molar-refractivity contribution >= 4 is 15.7 Å². The molecule has 0 radical (unpaired) electrons. The van der Waals surface area contributed by atoms with Crippen LogP contribution >= 0.6 is 0 Å². The summed E-state index contributed by atoms with van der Waals surface area (Å²) >= 11 is 0. The number of hydrogen-bond acceptors (Lipinski definition) is 5. The normalized spacial score (nSPS) is 22.0. The molecule has 0 aliphatic heterocycles. The van der Waals surface area contributed by atoms with Crippen molar-refractivity contribution < 1.29 is 13.3 Å². The third kappa shape index (κ3) is 3.70. The number of rotatable bonds is 5. The first-order chi connectivity index (χ1) is 10.8. The van der Waals surface area contributed by atoms with E-state index < -0.39 is 14.9 Å². The van der Waals surface area contributed by atoms with Crippen molar-refractivity contribution in [3.8, 4) is 0 Å². The molecule has 7 nitrogen and oxygen atoms in total. The first-order valence-electron chi connectivity index (χ1n) is 7.75. The van der Waals surface area contributed by atoms with Crippen molar-refractivity contribution in [3.05, 3.63) is 33.4 Å². The molecule has 0 amide bonds. The van der Waals surface area contributed by atoms with E-state index in [1.807, 2.05) is 0 Å². The van der Waals surface area contributed by atoms with E-state index in [9.17, 15) is 18.5 Å². The molecular weight excluding hydrogens is 318 g/mol. The maximum atomic E-state index is 12.8. The fourth-order valence-electron chi connectivity index (χ4n) is 3.24. The highest BCUT2D eigenvalue weighted by atomic mass is 32.2. The molecule has 0 aromatic heterocycles. The van der Waals surface area contributed by atoms with Gasteiger partial charge >= 0.3 is 0 Å². The van der Waals surface area contributed by atoms with Crippen LogP contribution in [0.5, 0.6) is 0 Å². The lowest BCUT2D eigenvalue weighted by molar-refractivity contribution is -0.388. The quantitative estimate of drug-likeness (QED) is 0.628. The second-order valence-electron chi connectivity index (χ2n) is 6.14. The molecule has 1 aliphatic rings. The molecule has 1 aromatic rings. The lowest BCUT2D eigenvalue weighted by Gasteiger charge is -2.31. The number of sulfonamides is 1. The van der Waals surface area contributed by atoms with Crippen LogP contribution in [0.25, 0.3) is 0 Å². The molecule has 3 N–H and O–H groups in total. The number of aryl methyl sites for hydroxylation is 2. The Morgan fingerprint density at radius 1 is 1.26 bits per heavy atom. The van der Waals surface area contributed by atoms with Crippen molar-refractivity contribution in [3.63, 3.8) is 0 Å². The Bertz CT molecular complexity index is 703. The van der Waals surface area contributed by atoms with Gasteiger partial charge in [0.15, 0.2) is 4.90 Å². The van der Waals surface area contributed by atoms with Crippen LogP contribution in [0.4, 0.5) is 5.69 Å². The fourth-order valence-corrected chi connectivity index (χ4v) is 5.05. The second-order valence-corrected chi connectivity index (χ2v) is 7.79. The van der Waals surface area contributed by atoms with Crippen LogP contribution in [0.2, 0.25) is 0 Å². The lowest BCUT2D eigenvalue weighted by Crippen LogP contribution is -2.44. The second kappa shape index (κ2) is 6.94. The van der Waals surface area contributed by atoms with Gasteiger partial charge in [-0.25, -0.2) is 13.1 Å². The molecule has 1 saturated carbocycles. The zero-order valence-corrected chi connectivity index (χ0v) is 14.2. The molecule has 2 atom stereocenters. The highest BCUT2D eigenvalue weighted by molar-refractivity contribution is 7.89. The molecule has 1 fully saturated rings. The maximum Gasteiger partial charge on any atom is 0.292 e. The molecule has 2 rings (SSSR count). The Hall–Kier alpha value is -1.51. The largest absolute Gasteiger partial charge is 0.330 e. The average Bonchev–Trinajstić information content (AvgIpc) is 2.49. The number of nitro benzene ring substituents is 1. The van der Waals surface area contributed by atoms with Gasteiger partial charge < -0.3 is 5.73 Å². The first kappa shape index (κ1) is 17.8. The summed E-state index contributed by atoms with van der Waals surface area (Å²) in [4.78, 5) is 10.5. The van der Waals surface area contributed by atoms with Crippen LogP contribution < -0.4 is 10.5 Å². The smallest absolute Gasteiger partial charge is 0.292 e. The molecule has 0 bridgehead atoms. The molecule has 128 valence electrons. The van der Waals surface area contributed by atoms with Crippen molar-refractivity contribution in [2.75, 3.05) is 6.54 Å². The zero-order chi connectivity index (χ0) is 17.2. The van der Waals surface area contributed by atoms with Crippen LogP contribution in [0.15, 0.2) is 17.0 Å². The Kier molecular flexibility index (Phi) is 5.38. The number of nitrogens with two attached hydrogens (primary N) is 1. The number of hydrogen-bond donors (Lipinski definition) is 2. The van der Waals surface area contributed by atoms with E-state index in [1.165, 1.54) is 0 Å². The molecule has 8 heteroatoms. The SMILES string of the molecule is Cc1ccc(C)c(S(=O)(=O)NC2CCCCC2CN)c1[N+](=O)[O-]. The summed E-state index contributed by atoms with van der Waals surface area (Å²) in [5.74, 6) is 0.0719. The molecule has 1 aromatic carbocycles. The molecule has 2 unspecified atom stereocenters. The van der Waals surface area contributed by atoms with Gasteiger partial charge in [0.25, 0.3) is 5.69 Å². The third-order valence-electron chi connectivity index (χ3n) is 4.50. The van der Waals surface area contributed by atoms with Crippen LogP contribution in [0.1, 0.15) is 36.8 Å². The number of nitrogens with zero attached hydrogens (tertiary/aromatic N) is 1. The Balaban J connectivity index is 2.44. The Morgan fingerprint density at radius 3 is 2.48 bits per heavy atom. The van der Waals surface area contributed by atoms with E-state index in [0.717, 1.165) is 19.3 Å². The highest BCUT2D eigenvalue weighted by Gasteiger charge is 2.34. The van der Waals surface area contributed by atoms with Crippen molar-refractivity contribution in [1.29, 1.82) is 0 Å². The van der Waals surface area contributed by atoms with Gasteiger partial charge in [-0.3, -0.25) is 10.1 Å². The van der Waals surface area contributed by atoms with Crippen LogP contribution in [0.3, 0.4) is 0 Å². The molecule has 0 heterocycles. The van der Waals surface area contributed by atoms with Crippen LogP contribution in [-0.2, 0) is 10.0 Å². The van der Waals surface area contributed by atoms with E-state index >= 15 is 0 Å². The lowest BCUT2D eigenvalue weighted by atomic mass is 9.85. The van der Waals surface area contributed by atoms with Gasteiger partial charge in [0.2, 0.25) is 10.0 Å². The summed E-state index contributed by atoms with van der Waals surface area (Å²) in [6, 6.07) is 2.90. The predicted molar refractivity (Wildman–Crippen MR) is 87.7 cm³/mol. The standard InChI is InChI=1S/C15H23N3O4S/c1-10-7-8-11(2)15(14(10)18(19)20)23(21,22)17-13-6-4-3-5-12(13)9-16/h7-8,12-13,17H,3-6,9,16H2,1-2H3. The Labute approximate surface area is 136 Å². The topological polar surface area (TPSA) is 115 Å². The van der Waals surface area contributed by atoms with Gasteiger partial charge in [-0.2, -0.15) is 0 Å². The minimum atomic E-state index is -3.98. The Morgan fingerprint density at radius 2 is 1.87 bits per heavy atom. The van der Waals surface area contributed by atoms with Gasteiger partial charge in [0.05, 0.1) is 4.92 Å². The minimum Gasteiger partial charge on any atom is -0.330 e. The number of benzene rings is 1. The summed E-state index contributed by atoms with van der Waals surface area (Å²) in [5, 5.41) is 11.3. The van der Waals surface area contributed by atoms with Crippen molar-refractivity contribution in [2.24, 2.45) is 11.7 Å². The van der Waals surface area contributed by atoms with Gasteiger partial charge in [-0.1, -0.05) is 25.0 Å². The van der Waals surface area contributed by atoms with Gasteiger partial charge in [0.1, 0.15) is 0 Å².